The predicted octanol–water partition coefficient (Wildman–Crippen LogP) is 4.41. The number of carbonyl (C=O) groups excluding carboxylic acids is 1. The number of rotatable bonds is 6. The van der Waals surface area contributed by atoms with E-state index in [4.69, 9.17) is 11.6 Å². The molecular weight excluding hydrogens is 398 g/mol. The summed E-state index contributed by atoms with van der Waals surface area (Å²) in [7, 11) is -3.57. The third-order valence-corrected chi connectivity index (χ3v) is 8.47. The summed E-state index contributed by atoms with van der Waals surface area (Å²) in [6, 6.07) is 13.3. The summed E-state index contributed by atoms with van der Waals surface area (Å²) in [5.74, 6) is -0.334. The zero-order valence-corrected chi connectivity index (χ0v) is 16.1. The van der Waals surface area contributed by atoms with Crippen LogP contribution in [-0.2, 0) is 9.84 Å². The van der Waals surface area contributed by atoms with Gasteiger partial charge in [0, 0.05) is 22.0 Å². The molecule has 8 heteroatoms. The summed E-state index contributed by atoms with van der Waals surface area (Å²) in [6.07, 6.45) is 0. The monoisotopic (exact) mass is 411 g/mol. The molecule has 1 atom stereocenters. The molecule has 4 nitrogen and oxygen atoms in total. The molecule has 1 amide bonds. The maximum Gasteiger partial charge on any atom is 0.251 e. The van der Waals surface area contributed by atoms with E-state index in [1.54, 1.807) is 53.9 Å². The van der Waals surface area contributed by atoms with Gasteiger partial charge in [-0.3, -0.25) is 4.79 Å². The minimum absolute atomic E-state index is 0.00219. The molecule has 0 aliphatic rings. The van der Waals surface area contributed by atoms with Crippen molar-refractivity contribution in [3.8, 4) is 0 Å². The molecule has 130 valence electrons. The quantitative estimate of drug-likeness (QED) is 0.653. The van der Waals surface area contributed by atoms with Gasteiger partial charge >= 0.3 is 0 Å². The van der Waals surface area contributed by atoms with Crippen molar-refractivity contribution in [1.82, 2.24) is 5.32 Å². The standard InChI is InChI=1S/C17H14ClNO3S3/c18-13-7-5-12(6-8-13)17(20)19-11-15(14-3-1-9-23-14)25(21,22)16-4-2-10-24-16/h1-10,15H,11H2,(H,19,20)/t15-/m1/s1. The first-order valence-corrected chi connectivity index (χ1v) is 11.0. The van der Waals surface area contributed by atoms with Gasteiger partial charge in [0.15, 0.2) is 9.84 Å². The molecule has 0 aliphatic carbocycles. The summed E-state index contributed by atoms with van der Waals surface area (Å²) in [5, 5.41) is 6.00. The van der Waals surface area contributed by atoms with Gasteiger partial charge in [-0.2, -0.15) is 0 Å². The van der Waals surface area contributed by atoms with Crippen LogP contribution in [0.1, 0.15) is 20.5 Å². The highest BCUT2D eigenvalue weighted by atomic mass is 35.5. The molecule has 3 aromatic rings. The van der Waals surface area contributed by atoms with Gasteiger partial charge < -0.3 is 5.32 Å². The fourth-order valence-corrected chi connectivity index (χ4v) is 6.41. The number of benzene rings is 1. The molecule has 0 saturated heterocycles. The molecule has 0 unspecified atom stereocenters. The Kier molecular flexibility index (Phi) is 5.58. The van der Waals surface area contributed by atoms with Gasteiger partial charge in [-0.15, -0.1) is 22.7 Å². The Morgan fingerprint density at radius 3 is 2.32 bits per heavy atom. The first-order chi connectivity index (χ1) is 12.0. The average molecular weight is 412 g/mol. The van der Waals surface area contributed by atoms with E-state index >= 15 is 0 Å². The number of nitrogens with one attached hydrogen (secondary N) is 1. The van der Waals surface area contributed by atoms with Crippen molar-refractivity contribution in [1.29, 1.82) is 0 Å². The van der Waals surface area contributed by atoms with Crippen LogP contribution in [0, 0.1) is 0 Å². The van der Waals surface area contributed by atoms with Crippen LogP contribution in [0.25, 0.3) is 0 Å². The van der Waals surface area contributed by atoms with Gasteiger partial charge in [0.2, 0.25) is 0 Å². The molecule has 0 fully saturated rings. The van der Waals surface area contributed by atoms with Gasteiger partial charge in [0.05, 0.1) is 0 Å². The minimum atomic E-state index is -3.57. The Bertz CT molecular complexity index is 934. The Hall–Kier alpha value is -1.67. The highest BCUT2D eigenvalue weighted by Gasteiger charge is 2.31. The van der Waals surface area contributed by atoms with Crippen molar-refractivity contribution in [3.63, 3.8) is 0 Å². The first-order valence-electron chi connectivity index (χ1n) is 7.33. The number of thiophene rings is 2. The highest BCUT2D eigenvalue weighted by molar-refractivity contribution is 7.93. The molecule has 2 aromatic heterocycles. The van der Waals surface area contributed by atoms with Crippen molar-refractivity contribution in [2.45, 2.75) is 9.46 Å². The van der Waals surface area contributed by atoms with Crippen LogP contribution in [0.5, 0.6) is 0 Å². The number of hydrogen-bond acceptors (Lipinski definition) is 5. The van der Waals surface area contributed by atoms with Gasteiger partial charge in [-0.1, -0.05) is 23.7 Å². The van der Waals surface area contributed by atoms with E-state index in [0.717, 1.165) is 0 Å². The Labute approximate surface area is 159 Å². The van der Waals surface area contributed by atoms with E-state index in [1.807, 2.05) is 5.38 Å². The lowest BCUT2D eigenvalue weighted by molar-refractivity contribution is 0.0954. The number of amides is 1. The topological polar surface area (TPSA) is 63.2 Å². The number of sulfone groups is 1. The summed E-state index contributed by atoms with van der Waals surface area (Å²) < 4.78 is 26.2. The fraction of sp³-hybridized carbons (Fsp3) is 0.118. The third-order valence-electron chi connectivity index (χ3n) is 3.57. The van der Waals surface area contributed by atoms with Crippen molar-refractivity contribution >= 4 is 50.0 Å². The molecule has 0 saturated carbocycles. The number of hydrogen-bond donors (Lipinski definition) is 1. The van der Waals surface area contributed by atoms with E-state index in [0.29, 0.717) is 19.7 Å². The minimum Gasteiger partial charge on any atom is -0.350 e. The molecule has 1 N–H and O–H groups in total. The molecule has 2 heterocycles. The van der Waals surface area contributed by atoms with E-state index in [-0.39, 0.29) is 12.5 Å². The smallest absolute Gasteiger partial charge is 0.251 e. The summed E-state index contributed by atoms with van der Waals surface area (Å²) in [5.41, 5.74) is 0.433. The first kappa shape index (κ1) is 18.1. The second kappa shape index (κ2) is 7.70. The second-order valence-corrected chi connectivity index (χ2v) is 9.92. The summed E-state index contributed by atoms with van der Waals surface area (Å²) in [6.45, 7) is 0.00219. The fourth-order valence-electron chi connectivity index (χ4n) is 2.29. The van der Waals surface area contributed by atoms with Crippen molar-refractivity contribution < 1.29 is 13.2 Å². The van der Waals surface area contributed by atoms with E-state index < -0.39 is 15.1 Å². The molecule has 0 aliphatic heterocycles. The Balaban J connectivity index is 1.82. The largest absolute Gasteiger partial charge is 0.350 e. The summed E-state index contributed by atoms with van der Waals surface area (Å²) in [4.78, 5) is 13.0. The number of halogens is 1. The van der Waals surface area contributed by atoms with E-state index in [9.17, 15) is 13.2 Å². The normalized spacial score (nSPS) is 12.7. The van der Waals surface area contributed by atoms with E-state index in [1.165, 1.54) is 22.7 Å². The molecule has 25 heavy (non-hydrogen) atoms. The zero-order valence-electron chi connectivity index (χ0n) is 12.9. The van der Waals surface area contributed by atoms with Crippen LogP contribution in [-0.4, -0.2) is 20.9 Å². The lowest BCUT2D eigenvalue weighted by Gasteiger charge is -2.16. The maximum absolute atomic E-state index is 12.9. The highest BCUT2D eigenvalue weighted by Crippen LogP contribution is 2.33. The van der Waals surface area contributed by atoms with Crippen LogP contribution in [0.3, 0.4) is 0 Å². The maximum atomic E-state index is 12.9. The molecular formula is C17H14ClNO3S3. The van der Waals surface area contributed by atoms with Gasteiger partial charge in [0.1, 0.15) is 9.46 Å². The van der Waals surface area contributed by atoms with Crippen LogP contribution in [0.2, 0.25) is 5.02 Å². The lowest BCUT2D eigenvalue weighted by Crippen LogP contribution is -2.31. The molecule has 1 aromatic carbocycles. The SMILES string of the molecule is O=C(NC[C@H](c1cccs1)S(=O)(=O)c1cccs1)c1ccc(Cl)cc1. The lowest BCUT2D eigenvalue weighted by atomic mass is 10.2. The van der Waals surface area contributed by atoms with Crippen LogP contribution in [0.15, 0.2) is 63.5 Å². The van der Waals surface area contributed by atoms with Gasteiger partial charge in [-0.25, -0.2) is 8.42 Å². The molecule has 3 rings (SSSR count). The van der Waals surface area contributed by atoms with Crippen molar-refractivity contribution in [3.05, 3.63) is 74.8 Å². The molecule has 0 spiro atoms. The number of carbonyl (C=O) groups is 1. The third kappa shape index (κ3) is 4.12. The van der Waals surface area contributed by atoms with Gasteiger partial charge in [0.25, 0.3) is 5.91 Å². The Morgan fingerprint density at radius 1 is 1.04 bits per heavy atom. The summed E-state index contributed by atoms with van der Waals surface area (Å²) >= 11 is 8.36. The molecule has 0 radical (unpaired) electrons. The zero-order chi connectivity index (χ0) is 17.9. The van der Waals surface area contributed by atoms with Gasteiger partial charge in [-0.05, 0) is 47.2 Å². The Morgan fingerprint density at radius 2 is 1.72 bits per heavy atom. The molecule has 0 bridgehead atoms. The van der Waals surface area contributed by atoms with Crippen LogP contribution >= 0.6 is 34.3 Å². The van der Waals surface area contributed by atoms with Crippen molar-refractivity contribution in [2.75, 3.05) is 6.54 Å². The van der Waals surface area contributed by atoms with Crippen LogP contribution in [0.4, 0.5) is 0 Å². The van der Waals surface area contributed by atoms with Crippen LogP contribution < -0.4 is 5.32 Å². The van der Waals surface area contributed by atoms with Crippen molar-refractivity contribution in [2.24, 2.45) is 0 Å². The second-order valence-electron chi connectivity index (χ2n) is 5.20. The average Bonchev–Trinajstić information content (AvgIpc) is 3.29. The van der Waals surface area contributed by atoms with E-state index in [2.05, 4.69) is 5.32 Å². The predicted molar refractivity (Wildman–Crippen MR) is 102 cm³/mol.